The highest BCUT2D eigenvalue weighted by Crippen LogP contribution is 2.19. The Morgan fingerprint density at radius 1 is 0.875 bits per heavy atom. The first-order valence-electron chi connectivity index (χ1n) is 5.69. The Morgan fingerprint density at radius 2 is 1.50 bits per heavy atom. The zero-order valence-corrected chi connectivity index (χ0v) is 9.90. The number of rotatable bonds is 3. The van der Waals surface area contributed by atoms with E-state index in [9.17, 15) is 0 Å². The number of aryl methyl sites for hydroxylation is 1. The summed E-state index contributed by atoms with van der Waals surface area (Å²) in [6.07, 6.45) is 1.03. The average molecular weight is 209 g/mol. The molecular weight excluding hydrogens is 192 g/mol. The highest BCUT2D eigenvalue weighted by Gasteiger charge is 2.06. The summed E-state index contributed by atoms with van der Waals surface area (Å²) in [5.41, 5.74) is 4.04. The van der Waals surface area contributed by atoms with E-state index in [2.05, 4.69) is 68.4 Å². The molecule has 81 valence electrons. The Morgan fingerprint density at radius 3 is 2.12 bits per heavy atom. The van der Waals surface area contributed by atoms with Crippen LogP contribution in [0.2, 0.25) is 0 Å². The Balaban J connectivity index is 2.08. The summed E-state index contributed by atoms with van der Waals surface area (Å²) in [7, 11) is 0. The SMILES string of the molecule is C[C](Cc1ccc(C)cc1)c1ccccc1. The Labute approximate surface area is 97.9 Å². The molecule has 2 aromatic rings. The van der Waals surface area contributed by atoms with E-state index in [1.807, 2.05) is 0 Å². The molecular formula is C16H17. The van der Waals surface area contributed by atoms with Crippen LogP contribution in [0.25, 0.3) is 0 Å². The standard InChI is InChI=1S/C16H17/c1-13-8-10-15(11-9-13)12-14(2)16-6-4-3-5-7-16/h3-11H,12H2,1-2H3. The summed E-state index contributed by atoms with van der Waals surface area (Å²) < 4.78 is 0. The molecule has 0 aliphatic carbocycles. The molecule has 0 saturated heterocycles. The minimum atomic E-state index is 1.03. The van der Waals surface area contributed by atoms with E-state index in [0.29, 0.717) is 0 Å². The van der Waals surface area contributed by atoms with E-state index < -0.39 is 0 Å². The van der Waals surface area contributed by atoms with Crippen LogP contribution < -0.4 is 0 Å². The van der Waals surface area contributed by atoms with Gasteiger partial charge in [0, 0.05) is 5.92 Å². The predicted molar refractivity (Wildman–Crippen MR) is 69.3 cm³/mol. The third kappa shape index (κ3) is 2.73. The Hall–Kier alpha value is -1.56. The van der Waals surface area contributed by atoms with Crippen LogP contribution in [0.4, 0.5) is 0 Å². The molecule has 0 amide bonds. The van der Waals surface area contributed by atoms with E-state index in [4.69, 9.17) is 0 Å². The smallest absolute Gasteiger partial charge is 0.00624 e. The normalized spacial score (nSPS) is 10.7. The van der Waals surface area contributed by atoms with Gasteiger partial charge in [0.05, 0.1) is 0 Å². The van der Waals surface area contributed by atoms with Gasteiger partial charge in [-0.2, -0.15) is 0 Å². The maximum absolute atomic E-state index is 2.21. The van der Waals surface area contributed by atoms with Gasteiger partial charge in [-0.25, -0.2) is 0 Å². The quantitative estimate of drug-likeness (QED) is 0.711. The molecule has 0 atom stereocenters. The zero-order valence-electron chi connectivity index (χ0n) is 9.90. The average Bonchev–Trinajstić information content (AvgIpc) is 2.33. The molecule has 0 bridgehead atoms. The van der Waals surface area contributed by atoms with Crippen LogP contribution >= 0.6 is 0 Å². The van der Waals surface area contributed by atoms with Crippen molar-refractivity contribution in [2.75, 3.05) is 0 Å². The summed E-state index contributed by atoms with van der Waals surface area (Å²) in [6.45, 7) is 4.33. The first-order chi connectivity index (χ1) is 7.75. The van der Waals surface area contributed by atoms with Crippen molar-refractivity contribution < 1.29 is 0 Å². The van der Waals surface area contributed by atoms with Crippen molar-refractivity contribution >= 4 is 0 Å². The van der Waals surface area contributed by atoms with E-state index >= 15 is 0 Å². The van der Waals surface area contributed by atoms with Gasteiger partial charge in [-0.05, 0) is 24.5 Å². The summed E-state index contributed by atoms with van der Waals surface area (Å²) in [6, 6.07) is 19.3. The molecule has 2 rings (SSSR count). The lowest BCUT2D eigenvalue weighted by Crippen LogP contribution is -1.99. The van der Waals surface area contributed by atoms with Gasteiger partial charge in [-0.3, -0.25) is 0 Å². The van der Waals surface area contributed by atoms with E-state index in [1.54, 1.807) is 0 Å². The van der Waals surface area contributed by atoms with Crippen LogP contribution in [-0.4, -0.2) is 0 Å². The lowest BCUT2D eigenvalue weighted by Gasteiger charge is -2.11. The largest absolute Gasteiger partial charge is 0.0622 e. The van der Waals surface area contributed by atoms with Crippen molar-refractivity contribution in [3.63, 3.8) is 0 Å². The fraction of sp³-hybridized carbons (Fsp3) is 0.188. The molecule has 0 saturated carbocycles. The first kappa shape index (κ1) is 10.9. The summed E-state index contributed by atoms with van der Waals surface area (Å²) in [5, 5.41) is 0. The number of hydrogen-bond donors (Lipinski definition) is 0. The molecule has 2 aromatic carbocycles. The Kier molecular flexibility index (Phi) is 3.40. The monoisotopic (exact) mass is 209 g/mol. The van der Waals surface area contributed by atoms with Crippen molar-refractivity contribution in [2.45, 2.75) is 20.3 Å². The molecule has 0 fully saturated rings. The lowest BCUT2D eigenvalue weighted by molar-refractivity contribution is 0.992. The Bertz CT molecular complexity index is 425. The molecule has 0 spiro atoms. The van der Waals surface area contributed by atoms with Crippen LogP contribution in [0, 0.1) is 12.8 Å². The molecule has 0 nitrogen and oxygen atoms in total. The van der Waals surface area contributed by atoms with Crippen LogP contribution in [0.5, 0.6) is 0 Å². The van der Waals surface area contributed by atoms with Crippen LogP contribution in [-0.2, 0) is 6.42 Å². The molecule has 16 heavy (non-hydrogen) atoms. The minimum Gasteiger partial charge on any atom is -0.0622 e. The summed E-state index contributed by atoms with van der Waals surface area (Å²) in [5.74, 6) is 1.42. The zero-order chi connectivity index (χ0) is 11.4. The van der Waals surface area contributed by atoms with Gasteiger partial charge in [0.2, 0.25) is 0 Å². The maximum atomic E-state index is 2.21. The second-order valence-electron chi connectivity index (χ2n) is 4.31. The maximum Gasteiger partial charge on any atom is 0.00624 e. The number of benzene rings is 2. The first-order valence-corrected chi connectivity index (χ1v) is 5.69. The minimum absolute atomic E-state index is 1.03. The molecule has 0 aliphatic heterocycles. The van der Waals surface area contributed by atoms with Gasteiger partial charge in [-0.1, -0.05) is 67.1 Å². The van der Waals surface area contributed by atoms with Crippen molar-refractivity contribution in [3.8, 4) is 0 Å². The van der Waals surface area contributed by atoms with Crippen molar-refractivity contribution in [1.29, 1.82) is 0 Å². The van der Waals surface area contributed by atoms with Gasteiger partial charge in [0.1, 0.15) is 0 Å². The lowest BCUT2D eigenvalue weighted by atomic mass is 9.93. The van der Waals surface area contributed by atoms with Crippen LogP contribution in [0.15, 0.2) is 54.6 Å². The summed E-state index contributed by atoms with van der Waals surface area (Å²) >= 11 is 0. The van der Waals surface area contributed by atoms with Gasteiger partial charge in [-0.15, -0.1) is 0 Å². The topological polar surface area (TPSA) is 0 Å². The van der Waals surface area contributed by atoms with Gasteiger partial charge >= 0.3 is 0 Å². The second-order valence-corrected chi connectivity index (χ2v) is 4.31. The molecule has 0 aromatic heterocycles. The van der Waals surface area contributed by atoms with Gasteiger partial charge in [0.15, 0.2) is 0 Å². The fourth-order valence-corrected chi connectivity index (χ4v) is 1.84. The fourth-order valence-electron chi connectivity index (χ4n) is 1.84. The molecule has 0 heteroatoms. The predicted octanol–water partition coefficient (Wildman–Crippen LogP) is 4.18. The molecule has 0 aliphatic rings. The van der Waals surface area contributed by atoms with E-state index in [1.165, 1.54) is 22.6 Å². The third-order valence-electron chi connectivity index (χ3n) is 2.86. The highest BCUT2D eigenvalue weighted by molar-refractivity contribution is 5.33. The molecule has 0 heterocycles. The van der Waals surface area contributed by atoms with Crippen LogP contribution in [0.1, 0.15) is 23.6 Å². The molecule has 0 N–H and O–H groups in total. The van der Waals surface area contributed by atoms with Crippen molar-refractivity contribution in [1.82, 2.24) is 0 Å². The van der Waals surface area contributed by atoms with Crippen molar-refractivity contribution in [2.24, 2.45) is 0 Å². The third-order valence-corrected chi connectivity index (χ3v) is 2.86. The summed E-state index contributed by atoms with van der Waals surface area (Å²) in [4.78, 5) is 0. The highest BCUT2D eigenvalue weighted by atomic mass is 14.1. The van der Waals surface area contributed by atoms with Crippen molar-refractivity contribution in [3.05, 3.63) is 77.2 Å². The van der Waals surface area contributed by atoms with Crippen LogP contribution in [0.3, 0.4) is 0 Å². The van der Waals surface area contributed by atoms with Gasteiger partial charge < -0.3 is 0 Å². The van der Waals surface area contributed by atoms with E-state index in [-0.39, 0.29) is 0 Å². The number of hydrogen-bond acceptors (Lipinski definition) is 0. The van der Waals surface area contributed by atoms with Gasteiger partial charge in [0.25, 0.3) is 0 Å². The molecule has 1 radical (unpaired) electrons. The van der Waals surface area contributed by atoms with E-state index in [0.717, 1.165) is 6.42 Å². The second kappa shape index (κ2) is 4.98. The molecule has 0 unspecified atom stereocenters.